The van der Waals surface area contributed by atoms with Crippen LogP contribution in [0.3, 0.4) is 0 Å². The predicted molar refractivity (Wildman–Crippen MR) is 75.7 cm³/mol. The van der Waals surface area contributed by atoms with Crippen LogP contribution in [0.2, 0.25) is 0 Å². The standard InChI is InChI=1S/C17H20O3/c1-12-4-2-3-5-13(12)16-14(18)10-17(11-15(16)19)6-8-20-9-7-17/h2-5,16H,6-11H2,1H3. The summed E-state index contributed by atoms with van der Waals surface area (Å²) < 4.78 is 5.38. The van der Waals surface area contributed by atoms with E-state index in [1.165, 1.54) is 0 Å². The number of benzene rings is 1. The van der Waals surface area contributed by atoms with Crippen LogP contribution in [0, 0.1) is 12.3 Å². The number of carbonyl (C=O) groups is 2. The van der Waals surface area contributed by atoms with Crippen LogP contribution in [0.25, 0.3) is 0 Å². The van der Waals surface area contributed by atoms with E-state index in [9.17, 15) is 9.59 Å². The molecule has 2 aliphatic rings. The van der Waals surface area contributed by atoms with Crippen molar-refractivity contribution >= 4 is 11.6 Å². The fourth-order valence-electron chi connectivity index (χ4n) is 3.60. The molecule has 3 heteroatoms. The van der Waals surface area contributed by atoms with Gasteiger partial charge in [0.25, 0.3) is 0 Å². The molecular weight excluding hydrogens is 252 g/mol. The summed E-state index contributed by atoms with van der Waals surface area (Å²) in [5, 5.41) is 0. The minimum atomic E-state index is -0.537. The van der Waals surface area contributed by atoms with Gasteiger partial charge in [-0.05, 0) is 36.3 Å². The number of aryl methyl sites for hydroxylation is 1. The van der Waals surface area contributed by atoms with Crippen molar-refractivity contribution in [3.05, 3.63) is 35.4 Å². The van der Waals surface area contributed by atoms with Crippen molar-refractivity contribution in [1.29, 1.82) is 0 Å². The van der Waals surface area contributed by atoms with E-state index < -0.39 is 5.92 Å². The first-order chi connectivity index (χ1) is 9.61. The molecule has 1 aliphatic heterocycles. The van der Waals surface area contributed by atoms with E-state index in [2.05, 4.69) is 0 Å². The van der Waals surface area contributed by atoms with Gasteiger partial charge in [0.1, 0.15) is 17.5 Å². The molecule has 0 atom stereocenters. The van der Waals surface area contributed by atoms with Gasteiger partial charge < -0.3 is 4.74 Å². The zero-order valence-corrected chi connectivity index (χ0v) is 11.9. The highest BCUT2D eigenvalue weighted by Crippen LogP contribution is 2.45. The molecule has 1 heterocycles. The Balaban J connectivity index is 1.88. The van der Waals surface area contributed by atoms with Crippen LogP contribution in [0.4, 0.5) is 0 Å². The van der Waals surface area contributed by atoms with Crippen LogP contribution in [-0.4, -0.2) is 24.8 Å². The summed E-state index contributed by atoms with van der Waals surface area (Å²) in [5.74, 6) is -0.348. The molecular formula is C17H20O3. The highest BCUT2D eigenvalue weighted by molar-refractivity contribution is 6.10. The molecule has 2 fully saturated rings. The highest BCUT2D eigenvalue weighted by Gasteiger charge is 2.46. The first-order valence-corrected chi connectivity index (χ1v) is 7.30. The normalized spacial score (nSPS) is 23.2. The van der Waals surface area contributed by atoms with Gasteiger partial charge >= 0.3 is 0 Å². The smallest absolute Gasteiger partial charge is 0.148 e. The predicted octanol–water partition coefficient (Wildman–Crippen LogP) is 2.81. The lowest BCUT2D eigenvalue weighted by molar-refractivity contribution is -0.139. The SMILES string of the molecule is Cc1ccccc1C1C(=O)CC2(CCOCC2)CC1=O. The van der Waals surface area contributed by atoms with Gasteiger partial charge in [-0.3, -0.25) is 9.59 Å². The Labute approximate surface area is 119 Å². The Kier molecular flexibility index (Phi) is 3.47. The summed E-state index contributed by atoms with van der Waals surface area (Å²) in [6, 6.07) is 7.73. The molecule has 1 saturated carbocycles. The first kappa shape index (κ1) is 13.5. The summed E-state index contributed by atoms with van der Waals surface area (Å²) in [4.78, 5) is 25.1. The number of ketones is 2. The second-order valence-corrected chi connectivity index (χ2v) is 6.19. The summed E-state index contributed by atoms with van der Waals surface area (Å²) >= 11 is 0. The maximum absolute atomic E-state index is 12.6. The van der Waals surface area contributed by atoms with Gasteiger partial charge in [-0.15, -0.1) is 0 Å². The third kappa shape index (κ3) is 2.31. The molecule has 106 valence electrons. The van der Waals surface area contributed by atoms with Gasteiger partial charge in [0.05, 0.1) is 0 Å². The lowest BCUT2D eigenvalue weighted by Crippen LogP contribution is -2.42. The van der Waals surface area contributed by atoms with Crippen LogP contribution in [-0.2, 0) is 14.3 Å². The van der Waals surface area contributed by atoms with E-state index in [1.807, 2.05) is 31.2 Å². The Morgan fingerprint density at radius 1 is 1.05 bits per heavy atom. The zero-order chi connectivity index (χ0) is 14.2. The Bertz CT molecular complexity index is 521. The molecule has 0 aromatic heterocycles. The lowest BCUT2D eigenvalue weighted by Gasteiger charge is -2.41. The molecule has 3 rings (SSSR count). The largest absolute Gasteiger partial charge is 0.381 e. The third-order valence-electron chi connectivity index (χ3n) is 4.80. The van der Waals surface area contributed by atoms with Gasteiger partial charge in [0.15, 0.2) is 0 Å². The van der Waals surface area contributed by atoms with E-state index in [1.54, 1.807) is 0 Å². The van der Waals surface area contributed by atoms with E-state index in [4.69, 9.17) is 4.74 Å². The highest BCUT2D eigenvalue weighted by atomic mass is 16.5. The molecule has 0 amide bonds. The second kappa shape index (κ2) is 5.13. The van der Waals surface area contributed by atoms with Crippen LogP contribution in [0.5, 0.6) is 0 Å². The summed E-state index contributed by atoms with van der Waals surface area (Å²) in [6.45, 7) is 3.32. The molecule has 0 unspecified atom stereocenters. The summed E-state index contributed by atoms with van der Waals surface area (Å²) in [5.41, 5.74) is 1.80. The van der Waals surface area contributed by atoms with Crippen LogP contribution in [0.15, 0.2) is 24.3 Å². The maximum Gasteiger partial charge on any atom is 0.148 e. The minimum Gasteiger partial charge on any atom is -0.381 e. The van der Waals surface area contributed by atoms with Crippen LogP contribution >= 0.6 is 0 Å². The number of carbonyl (C=O) groups excluding carboxylic acids is 2. The van der Waals surface area contributed by atoms with Crippen molar-refractivity contribution in [2.75, 3.05) is 13.2 Å². The number of hydrogen-bond acceptors (Lipinski definition) is 3. The van der Waals surface area contributed by atoms with Crippen molar-refractivity contribution in [1.82, 2.24) is 0 Å². The van der Waals surface area contributed by atoms with E-state index in [0.29, 0.717) is 26.1 Å². The second-order valence-electron chi connectivity index (χ2n) is 6.19. The molecule has 1 aliphatic carbocycles. The average molecular weight is 272 g/mol. The Hall–Kier alpha value is -1.48. The Morgan fingerprint density at radius 2 is 1.65 bits per heavy atom. The number of ether oxygens (including phenoxy) is 1. The van der Waals surface area contributed by atoms with Gasteiger partial charge in [0.2, 0.25) is 0 Å². The molecule has 1 aromatic carbocycles. The van der Waals surface area contributed by atoms with E-state index in [-0.39, 0.29) is 17.0 Å². The minimum absolute atomic E-state index is 0.0949. The fraction of sp³-hybridized carbons (Fsp3) is 0.529. The fourth-order valence-corrected chi connectivity index (χ4v) is 3.60. The van der Waals surface area contributed by atoms with Gasteiger partial charge in [0, 0.05) is 26.1 Å². The maximum atomic E-state index is 12.6. The molecule has 0 radical (unpaired) electrons. The lowest BCUT2D eigenvalue weighted by atomic mass is 9.64. The molecule has 0 N–H and O–H groups in total. The number of Topliss-reactive ketones (excluding diaryl/α,β-unsaturated/α-hetero) is 2. The van der Waals surface area contributed by atoms with Gasteiger partial charge in [-0.25, -0.2) is 0 Å². The van der Waals surface area contributed by atoms with Gasteiger partial charge in [-0.1, -0.05) is 24.3 Å². The summed E-state index contributed by atoms with van der Waals surface area (Å²) in [6.07, 6.45) is 2.73. The first-order valence-electron chi connectivity index (χ1n) is 7.30. The number of rotatable bonds is 1. The summed E-state index contributed by atoms with van der Waals surface area (Å²) in [7, 11) is 0. The molecule has 1 saturated heterocycles. The van der Waals surface area contributed by atoms with E-state index >= 15 is 0 Å². The third-order valence-corrected chi connectivity index (χ3v) is 4.80. The van der Waals surface area contributed by atoms with Crippen LogP contribution < -0.4 is 0 Å². The van der Waals surface area contributed by atoms with Crippen molar-refractivity contribution in [3.63, 3.8) is 0 Å². The molecule has 1 spiro atoms. The molecule has 0 bridgehead atoms. The van der Waals surface area contributed by atoms with Crippen LogP contribution in [0.1, 0.15) is 42.7 Å². The van der Waals surface area contributed by atoms with Crippen molar-refractivity contribution in [3.8, 4) is 0 Å². The van der Waals surface area contributed by atoms with Crippen molar-refractivity contribution in [2.24, 2.45) is 5.41 Å². The van der Waals surface area contributed by atoms with E-state index in [0.717, 1.165) is 24.0 Å². The zero-order valence-electron chi connectivity index (χ0n) is 11.9. The quantitative estimate of drug-likeness (QED) is 0.738. The van der Waals surface area contributed by atoms with Gasteiger partial charge in [-0.2, -0.15) is 0 Å². The number of hydrogen-bond donors (Lipinski definition) is 0. The monoisotopic (exact) mass is 272 g/mol. The average Bonchev–Trinajstić information content (AvgIpc) is 2.41. The van der Waals surface area contributed by atoms with Crippen molar-refractivity contribution in [2.45, 2.75) is 38.5 Å². The molecule has 1 aromatic rings. The molecule has 3 nitrogen and oxygen atoms in total. The van der Waals surface area contributed by atoms with Crippen molar-refractivity contribution < 1.29 is 14.3 Å². The Morgan fingerprint density at radius 3 is 2.25 bits per heavy atom. The topological polar surface area (TPSA) is 43.4 Å². The molecule has 20 heavy (non-hydrogen) atoms.